The third-order valence-corrected chi connectivity index (χ3v) is 5.60. The van der Waals surface area contributed by atoms with Gasteiger partial charge in [-0.1, -0.05) is 19.1 Å². The van der Waals surface area contributed by atoms with E-state index in [-0.39, 0.29) is 5.82 Å². The van der Waals surface area contributed by atoms with E-state index < -0.39 is 5.69 Å². The van der Waals surface area contributed by atoms with Gasteiger partial charge in [-0.05, 0) is 62.9 Å². The van der Waals surface area contributed by atoms with Crippen molar-refractivity contribution in [3.05, 3.63) is 52.6 Å². The second-order valence-electron chi connectivity index (χ2n) is 7.50. The van der Waals surface area contributed by atoms with Crippen LogP contribution in [-0.4, -0.2) is 45.5 Å². The summed E-state index contributed by atoms with van der Waals surface area (Å²) in [6.07, 6.45) is 6.45. The molecule has 1 aromatic heterocycles. The smallest absolute Gasteiger partial charge is 0.328 e. The molecular formula is C21H29N5O2. The first-order valence-electron chi connectivity index (χ1n) is 9.92. The van der Waals surface area contributed by atoms with E-state index in [4.69, 9.17) is 5.73 Å². The van der Waals surface area contributed by atoms with E-state index in [0.717, 1.165) is 31.5 Å². The lowest BCUT2D eigenvalue weighted by molar-refractivity contribution is -0.105. The Morgan fingerprint density at radius 3 is 2.64 bits per heavy atom. The summed E-state index contributed by atoms with van der Waals surface area (Å²) in [5, 5.41) is 2.38. The van der Waals surface area contributed by atoms with Crippen molar-refractivity contribution in [1.82, 2.24) is 14.5 Å². The van der Waals surface area contributed by atoms with Crippen LogP contribution in [0.15, 0.2) is 41.3 Å². The number of carbonyl (C=O) groups is 1. The third-order valence-electron chi connectivity index (χ3n) is 5.60. The van der Waals surface area contributed by atoms with Crippen LogP contribution < -0.4 is 16.7 Å². The number of benzene rings is 1. The van der Waals surface area contributed by atoms with Gasteiger partial charge in [0, 0.05) is 24.3 Å². The average Bonchev–Trinajstić information content (AvgIpc) is 3.09. The molecule has 28 heavy (non-hydrogen) atoms. The summed E-state index contributed by atoms with van der Waals surface area (Å²) in [6.45, 7) is 5.51. The Kier molecular flexibility index (Phi) is 6.59. The lowest BCUT2D eigenvalue weighted by Crippen LogP contribution is -2.42. The highest BCUT2D eigenvalue weighted by atomic mass is 16.1. The zero-order chi connectivity index (χ0) is 20.1. The van der Waals surface area contributed by atoms with Gasteiger partial charge in [-0.25, -0.2) is 4.79 Å². The minimum atomic E-state index is -0.428. The van der Waals surface area contributed by atoms with Gasteiger partial charge in [0.2, 0.25) is 6.41 Å². The lowest BCUT2D eigenvalue weighted by Gasteiger charge is -2.33. The van der Waals surface area contributed by atoms with E-state index in [0.29, 0.717) is 24.5 Å². The van der Waals surface area contributed by atoms with E-state index >= 15 is 0 Å². The van der Waals surface area contributed by atoms with E-state index in [1.54, 1.807) is 12.3 Å². The predicted molar refractivity (Wildman–Crippen MR) is 111 cm³/mol. The molecule has 0 saturated heterocycles. The number of likely N-dealkylation sites (N-methyl/N-ethyl adjacent to an activating group) is 1. The third kappa shape index (κ3) is 4.66. The molecular weight excluding hydrogens is 354 g/mol. The maximum Gasteiger partial charge on any atom is 0.354 e. The minimum absolute atomic E-state index is 0.244. The van der Waals surface area contributed by atoms with Crippen molar-refractivity contribution in [2.45, 2.75) is 57.7 Å². The van der Waals surface area contributed by atoms with Gasteiger partial charge in [0.25, 0.3) is 0 Å². The van der Waals surface area contributed by atoms with Crippen LogP contribution in [0.3, 0.4) is 0 Å². The van der Waals surface area contributed by atoms with Crippen molar-refractivity contribution in [1.29, 1.82) is 0 Å². The molecule has 7 heteroatoms. The Morgan fingerprint density at radius 1 is 1.32 bits per heavy atom. The number of anilines is 1. The van der Waals surface area contributed by atoms with Crippen LogP contribution in [0.4, 0.5) is 5.82 Å². The number of carbonyl (C=O) groups excluding carboxylic acids is 1. The molecule has 150 valence electrons. The quantitative estimate of drug-likeness (QED) is 0.680. The first kappa shape index (κ1) is 20.2. The number of hydrogen-bond donors (Lipinski definition) is 2. The second kappa shape index (κ2) is 9.12. The molecule has 1 heterocycles. The molecule has 1 aromatic carbocycles. The summed E-state index contributed by atoms with van der Waals surface area (Å²) < 4.78 is 1.46. The van der Waals surface area contributed by atoms with E-state index in [2.05, 4.69) is 41.2 Å². The number of aromatic nitrogens is 2. The van der Waals surface area contributed by atoms with Crippen LogP contribution in [0.5, 0.6) is 0 Å². The Bertz CT molecular complexity index is 849. The molecule has 1 fully saturated rings. The van der Waals surface area contributed by atoms with Crippen molar-refractivity contribution in [2.24, 2.45) is 5.73 Å². The zero-order valence-electron chi connectivity index (χ0n) is 16.5. The van der Waals surface area contributed by atoms with Gasteiger partial charge >= 0.3 is 5.69 Å². The van der Waals surface area contributed by atoms with Crippen LogP contribution in [0, 0.1) is 0 Å². The zero-order valence-corrected chi connectivity index (χ0v) is 16.5. The summed E-state index contributed by atoms with van der Waals surface area (Å²) >= 11 is 0. The highest BCUT2D eigenvalue weighted by Crippen LogP contribution is 2.25. The monoisotopic (exact) mass is 383 g/mol. The van der Waals surface area contributed by atoms with Crippen molar-refractivity contribution in [3.63, 3.8) is 0 Å². The number of nitrogens with two attached hydrogens (primary N) is 1. The van der Waals surface area contributed by atoms with Gasteiger partial charge in [-0.15, -0.1) is 0 Å². The fraction of sp³-hybridized carbons (Fsp3) is 0.476. The summed E-state index contributed by atoms with van der Waals surface area (Å²) in [7, 11) is 0. The van der Waals surface area contributed by atoms with Gasteiger partial charge < -0.3 is 11.1 Å². The van der Waals surface area contributed by atoms with Crippen LogP contribution in [0.1, 0.15) is 38.7 Å². The molecule has 1 aliphatic rings. The highest BCUT2D eigenvalue weighted by molar-refractivity contribution is 5.68. The maximum absolute atomic E-state index is 12.2. The molecule has 2 unspecified atom stereocenters. The molecule has 0 bridgehead atoms. The lowest BCUT2D eigenvalue weighted by atomic mass is 10.0. The van der Waals surface area contributed by atoms with E-state index in [9.17, 15) is 9.59 Å². The molecule has 0 spiro atoms. The molecule has 0 radical (unpaired) electrons. The van der Waals surface area contributed by atoms with E-state index in [1.165, 1.54) is 16.6 Å². The normalized spacial score (nSPS) is 20.3. The number of hydrogen-bond acceptors (Lipinski definition) is 5. The SMILES string of the molecule is CCN(C(C)Cc1ccc(-n2ccc(NC=O)nc2=O)cc1)C1CC[C@H](N)C1. The number of nitrogens with one attached hydrogen (secondary N) is 1. The fourth-order valence-corrected chi connectivity index (χ4v) is 4.21. The van der Waals surface area contributed by atoms with Crippen molar-refractivity contribution in [2.75, 3.05) is 11.9 Å². The van der Waals surface area contributed by atoms with Gasteiger partial charge in [0.15, 0.2) is 0 Å². The van der Waals surface area contributed by atoms with Crippen molar-refractivity contribution >= 4 is 12.2 Å². The minimum Gasteiger partial charge on any atom is -0.328 e. The fourth-order valence-electron chi connectivity index (χ4n) is 4.21. The van der Waals surface area contributed by atoms with Gasteiger partial charge in [0.1, 0.15) is 5.82 Å². The topological polar surface area (TPSA) is 93.2 Å². The standard InChI is InChI=1S/C21H29N5O2/c1-3-25(19-9-6-17(22)13-19)15(2)12-16-4-7-18(8-5-16)26-11-10-20(23-14-27)24-21(26)28/h4-5,7-8,10-11,14-15,17,19H,3,6,9,12-13,22H2,1-2H3,(H,23,24,27,28)/t15?,17-,19?/m0/s1. The molecule has 1 aliphatic carbocycles. The molecule has 3 rings (SSSR count). The van der Waals surface area contributed by atoms with Crippen molar-refractivity contribution in [3.8, 4) is 5.69 Å². The van der Waals surface area contributed by atoms with Crippen molar-refractivity contribution < 1.29 is 4.79 Å². The molecule has 2 aromatic rings. The first-order chi connectivity index (χ1) is 13.5. The molecule has 1 amide bonds. The molecule has 0 aliphatic heterocycles. The first-order valence-corrected chi connectivity index (χ1v) is 9.92. The Hall–Kier alpha value is -2.51. The Morgan fingerprint density at radius 2 is 2.07 bits per heavy atom. The highest BCUT2D eigenvalue weighted by Gasteiger charge is 2.29. The average molecular weight is 383 g/mol. The summed E-state index contributed by atoms with van der Waals surface area (Å²) in [5.41, 5.74) is 7.66. The summed E-state index contributed by atoms with van der Waals surface area (Å²) in [6, 6.07) is 10.9. The van der Waals surface area contributed by atoms with Gasteiger partial charge in [-0.3, -0.25) is 14.3 Å². The van der Waals surface area contributed by atoms with Crippen LogP contribution in [0.25, 0.3) is 5.69 Å². The van der Waals surface area contributed by atoms with Crippen LogP contribution in [-0.2, 0) is 11.2 Å². The molecule has 1 saturated carbocycles. The Labute approximate surface area is 165 Å². The summed E-state index contributed by atoms with van der Waals surface area (Å²) in [4.78, 5) is 29.0. The van der Waals surface area contributed by atoms with E-state index in [1.807, 2.05) is 12.1 Å². The van der Waals surface area contributed by atoms with Crippen LogP contribution in [0.2, 0.25) is 0 Å². The second-order valence-corrected chi connectivity index (χ2v) is 7.50. The largest absolute Gasteiger partial charge is 0.354 e. The molecule has 3 N–H and O–H groups in total. The van der Waals surface area contributed by atoms with Gasteiger partial charge in [0.05, 0.1) is 5.69 Å². The molecule has 7 nitrogen and oxygen atoms in total. The van der Waals surface area contributed by atoms with Crippen LogP contribution >= 0.6 is 0 Å². The number of nitrogens with zero attached hydrogens (tertiary/aromatic N) is 3. The van der Waals surface area contributed by atoms with Gasteiger partial charge in [-0.2, -0.15) is 4.98 Å². The molecule has 3 atom stereocenters. The number of amides is 1. The predicted octanol–water partition coefficient (Wildman–Crippen LogP) is 1.93. The summed E-state index contributed by atoms with van der Waals surface area (Å²) in [5.74, 6) is 0.244. The number of rotatable bonds is 8. The Balaban J connectivity index is 1.68. The maximum atomic E-state index is 12.2.